The van der Waals surface area contributed by atoms with Gasteiger partial charge in [0.15, 0.2) is 0 Å². The summed E-state index contributed by atoms with van der Waals surface area (Å²) >= 11 is 0. The normalized spacial score (nSPS) is 31.9. The Kier molecular flexibility index (Phi) is 3.62. The first kappa shape index (κ1) is 10.9. The number of carbonyl (C=O) groups is 1. The molecular formula is C12H22N2O. The Morgan fingerprint density at radius 3 is 2.93 bits per heavy atom. The molecule has 0 aromatic carbocycles. The Balaban J connectivity index is 1.97. The SMILES string of the molecule is CCC(=O)N1CCCC1C1CCCNC1. The number of nitrogens with one attached hydrogen (secondary N) is 1. The summed E-state index contributed by atoms with van der Waals surface area (Å²) in [6, 6.07) is 0.533. The van der Waals surface area contributed by atoms with Crippen LogP contribution in [-0.4, -0.2) is 36.5 Å². The zero-order valence-electron chi connectivity index (χ0n) is 9.67. The number of likely N-dealkylation sites (tertiary alicyclic amines) is 1. The molecule has 2 atom stereocenters. The fraction of sp³-hybridized carbons (Fsp3) is 0.917. The van der Waals surface area contributed by atoms with Crippen LogP contribution in [0.2, 0.25) is 0 Å². The Hall–Kier alpha value is -0.570. The molecule has 0 aromatic heterocycles. The zero-order chi connectivity index (χ0) is 10.7. The molecule has 2 rings (SSSR count). The van der Waals surface area contributed by atoms with Crippen LogP contribution in [0.1, 0.15) is 39.0 Å². The molecule has 0 saturated carbocycles. The van der Waals surface area contributed by atoms with Gasteiger partial charge >= 0.3 is 0 Å². The number of amides is 1. The van der Waals surface area contributed by atoms with Crippen molar-refractivity contribution in [1.82, 2.24) is 10.2 Å². The Labute approximate surface area is 92.2 Å². The van der Waals surface area contributed by atoms with Crippen LogP contribution >= 0.6 is 0 Å². The van der Waals surface area contributed by atoms with Gasteiger partial charge in [0.1, 0.15) is 0 Å². The van der Waals surface area contributed by atoms with Crippen molar-refractivity contribution in [3.63, 3.8) is 0 Å². The molecule has 2 fully saturated rings. The summed E-state index contributed by atoms with van der Waals surface area (Å²) in [7, 11) is 0. The van der Waals surface area contributed by atoms with Crippen molar-refractivity contribution < 1.29 is 4.79 Å². The molecule has 3 nitrogen and oxygen atoms in total. The molecule has 2 aliphatic heterocycles. The van der Waals surface area contributed by atoms with Crippen molar-refractivity contribution in [1.29, 1.82) is 0 Å². The second-order valence-corrected chi connectivity index (χ2v) is 4.76. The van der Waals surface area contributed by atoms with E-state index in [9.17, 15) is 4.79 Å². The van der Waals surface area contributed by atoms with Crippen LogP contribution in [0.4, 0.5) is 0 Å². The number of piperidine rings is 1. The molecule has 0 radical (unpaired) electrons. The van der Waals surface area contributed by atoms with Crippen molar-refractivity contribution >= 4 is 5.91 Å². The molecule has 2 heterocycles. The summed E-state index contributed by atoms with van der Waals surface area (Å²) in [5.41, 5.74) is 0. The minimum absolute atomic E-state index is 0.350. The van der Waals surface area contributed by atoms with Gasteiger partial charge < -0.3 is 10.2 Å². The Morgan fingerprint density at radius 1 is 1.40 bits per heavy atom. The van der Waals surface area contributed by atoms with Crippen LogP contribution in [-0.2, 0) is 4.79 Å². The van der Waals surface area contributed by atoms with Crippen LogP contribution < -0.4 is 5.32 Å². The van der Waals surface area contributed by atoms with E-state index in [2.05, 4.69) is 10.2 Å². The molecule has 1 amide bonds. The van der Waals surface area contributed by atoms with Crippen molar-refractivity contribution in [3.05, 3.63) is 0 Å². The van der Waals surface area contributed by atoms with Crippen LogP contribution in [0.15, 0.2) is 0 Å². The molecule has 0 aliphatic carbocycles. The third-order valence-corrected chi connectivity index (χ3v) is 3.80. The molecule has 86 valence electrons. The molecule has 2 aliphatic rings. The van der Waals surface area contributed by atoms with Crippen molar-refractivity contribution in [2.75, 3.05) is 19.6 Å². The number of hydrogen-bond donors (Lipinski definition) is 1. The van der Waals surface area contributed by atoms with E-state index in [4.69, 9.17) is 0 Å². The third-order valence-electron chi connectivity index (χ3n) is 3.80. The average molecular weight is 210 g/mol. The van der Waals surface area contributed by atoms with E-state index in [1.165, 1.54) is 25.7 Å². The van der Waals surface area contributed by atoms with E-state index in [-0.39, 0.29) is 0 Å². The van der Waals surface area contributed by atoms with E-state index < -0.39 is 0 Å². The van der Waals surface area contributed by atoms with Gasteiger partial charge in [-0.3, -0.25) is 4.79 Å². The van der Waals surface area contributed by atoms with E-state index in [1.807, 2.05) is 6.92 Å². The van der Waals surface area contributed by atoms with Gasteiger partial charge in [0, 0.05) is 19.0 Å². The molecule has 0 aromatic rings. The van der Waals surface area contributed by atoms with E-state index in [0.29, 0.717) is 24.3 Å². The van der Waals surface area contributed by atoms with Gasteiger partial charge in [0.25, 0.3) is 0 Å². The maximum atomic E-state index is 11.8. The summed E-state index contributed by atoms with van der Waals surface area (Å²) in [4.78, 5) is 13.9. The van der Waals surface area contributed by atoms with Gasteiger partial charge in [-0.15, -0.1) is 0 Å². The molecule has 1 N–H and O–H groups in total. The number of carbonyl (C=O) groups excluding carboxylic acids is 1. The van der Waals surface area contributed by atoms with Crippen LogP contribution in [0.3, 0.4) is 0 Å². The van der Waals surface area contributed by atoms with Gasteiger partial charge in [0.2, 0.25) is 5.91 Å². The third kappa shape index (κ3) is 2.33. The Morgan fingerprint density at radius 2 is 2.27 bits per heavy atom. The van der Waals surface area contributed by atoms with Gasteiger partial charge in [0.05, 0.1) is 0 Å². The highest BCUT2D eigenvalue weighted by Gasteiger charge is 2.34. The second kappa shape index (κ2) is 4.97. The predicted molar refractivity (Wildman–Crippen MR) is 60.6 cm³/mol. The molecule has 15 heavy (non-hydrogen) atoms. The van der Waals surface area contributed by atoms with Crippen molar-refractivity contribution in [2.24, 2.45) is 5.92 Å². The van der Waals surface area contributed by atoms with Crippen LogP contribution in [0.25, 0.3) is 0 Å². The van der Waals surface area contributed by atoms with E-state index >= 15 is 0 Å². The fourth-order valence-electron chi connectivity index (χ4n) is 3.00. The largest absolute Gasteiger partial charge is 0.339 e. The lowest BCUT2D eigenvalue weighted by molar-refractivity contribution is -0.132. The van der Waals surface area contributed by atoms with Gasteiger partial charge in [-0.05, 0) is 44.7 Å². The standard InChI is InChI=1S/C12H22N2O/c1-2-12(15)14-8-4-6-11(14)10-5-3-7-13-9-10/h10-11,13H,2-9H2,1H3. The Bertz CT molecular complexity index is 224. The predicted octanol–water partition coefficient (Wildman–Crippen LogP) is 1.39. The fourth-order valence-corrected chi connectivity index (χ4v) is 3.00. The maximum Gasteiger partial charge on any atom is 0.222 e. The lowest BCUT2D eigenvalue weighted by Gasteiger charge is -2.34. The number of rotatable bonds is 2. The van der Waals surface area contributed by atoms with E-state index in [1.54, 1.807) is 0 Å². The van der Waals surface area contributed by atoms with Gasteiger partial charge in [-0.25, -0.2) is 0 Å². The summed E-state index contributed by atoms with van der Waals surface area (Å²) in [5.74, 6) is 1.06. The smallest absolute Gasteiger partial charge is 0.222 e. The topological polar surface area (TPSA) is 32.3 Å². The summed E-state index contributed by atoms with van der Waals surface area (Å²) in [6.45, 7) is 5.23. The summed E-state index contributed by atoms with van der Waals surface area (Å²) < 4.78 is 0. The molecule has 0 spiro atoms. The highest BCUT2D eigenvalue weighted by Crippen LogP contribution is 2.28. The molecule has 2 saturated heterocycles. The van der Waals surface area contributed by atoms with Crippen LogP contribution in [0, 0.1) is 5.92 Å². The van der Waals surface area contributed by atoms with Crippen LogP contribution in [0.5, 0.6) is 0 Å². The monoisotopic (exact) mass is 210 g/mol. The minimum atomic E-state index is 0.350. The van der Waals surface area contributed by atoms with Gasteiger partial charge in [-0.2, -0.15) is 0 Å². The highest BCUT2D eigenvalue weighted by atomic mass is 16.2. The lowest BCUT2D eigenvalue weighted by Crippen LogP contribution is -2.45. The molecule has 0 bridgehead atoms. The average Bonchev–Trinajstić information content (AvgIpc) is 2.78. The van der Waals surface area contributed by atoms with Gasteiger partial charge in [-0.1, -0.05) is 6.92 Å². The van der Waals surface area contributed by atoms with Crippen molar-refractivity contribution in [2.45, 2.75) is 45.1 Å². The first-order valence-electron chi connectivity index (χ1n) is 6.33. The zero-order valence-corrected chi connectivity index (χ0v) is 9.67. The lowest BCUT2D eigenvalue weighted by atomic mass is 9.90. The first-order chi connectivity index (χ1) is 7.33. The highest BCUT2D eigenvalue weighted by molar-refractivity contribution is 5.76. The maximum absolute atomic E-state index is 11.8. The molecule has 3 heteroatoms. The summed E-state index contributed by atoms with van der Waals surface area (Å²) in [5, 5.41) is 3.45. The summed E-state index contributed by atoms with van der Waals surface area (Å²) in [6.07, 6.45) is 5.65. The van der Waals surface area contributed by atoms with Crippen molar-refractivity contribution in [3.8, 4) is 0 Å². The molecular weight excluding hydrogens is 188 g/mol. The quantitative estimate of drug-likeness (QED) is 0.747. The minimum Gasteiger partial charge on any atom is -0.339 e. The second-order valence-electron chi connectivity index (χ2n) is 4.76. The number of hydrogen-bond acceptors (Lipinski definition) is 2. The number of nitrogens with zero attached hydrogens (tertiary/aromatic N) is 1. The first-order valence-corrected chi connectivity index (χ1v) is 6.33. The van der Waals surface area contributed by atoms with E-state index in [0.717, 1.165) is 19.6 Å². The molecule has 2 unspecified atom stereocenters.